The van der Waals surface area contributed by atoms with Gasteiger partial charge in [-0.3, -0.25) is 0 Å². The maximum Gasteiger partial charge on any atom is 0.0809 e. The monoisotopic (exact) mass is 225 g/mol. The zero-order valence-electron chi connectivity index (χ0n) is 10.8. The first-order chi connectivity index (χ1) is 7.85. The molecule has 2 aliphatic rings. The van der Waals surface area contributed by atoms with E-state index in [4.69, 9.17) is 4.74 Å². The number of nitrogens with one attached hydrogen (secondary N) is 1. The molecule has 0 aromatic carbocycles. The van der Waals surface area contributed by atoms with E-state index in [9.17, 15) is 0 Å². The van der Waals surface area contributed by atoms with Gasteiger partial charge < -0.3 is 10.1 Å². The minimum absolute atomic E-state index is 0.167. The summed E-state index contributed by atoms with van der Waals surface area (Å²) in [5, 5.41) is 3.35. The first-order valence-corrected chi connectivity index (χ1v) is 7.17. The second-order valence-corrected chi connectivity index (χ2v) is 5.65. The van der Waals surface area contributed by atoms with Gasteiger partial charge in [0.15, 0.2) is 0 Å². The molecule has 0 atom stereocenters. The van der Waals surface area contributed by atoms with E-state index in [1.54, 1.807) is 0 Å². The average molecular weight is 225 g/mol. The highest BCUT2D eigenvalue weighted by molar-refractivity contribution is 4.87. The maximum absolute atomic E-state index is 6.50. The van der Waals surface area contributed by atoms with Gasteiger partial charge in [0, 0.05) is 6.54 Å². The van der Waals surface area contributed by atoms with Crippen LogP contribution in [0.15, 0.2) is 0 Å². The van der Waals surface area contributed by atoms with Gasteiger partial charge in [0.2, 0.25) is 0 Å². The summed E-state index contributed by atoms with van der Waals surface area (Å²) in [6.45, 7) is 1.05. The Labute approximate surface area is 100 Å². The van der Waals surface area contributed by atoms with Gasteiger partial charge in [-0.05, 0) is 32.7 Å². The van der Waals surface area contributed by atoms with Gasteiger partial charge in [0.1, 0.15) is 0 Å². The highest BCUT2D eigenvalue weighted by atomic mass is 16.5. The van der Waals surface area contributed by atoms with Gasteiger partial charge >= 0.3 is 0 Å². The molecular weight excluding hydrogens is 198 g/mol. The molecule has 0 radical (unpaired) electrons. The first kappa shape index (κ1) is 12.4. The lowest BCUT2D eigenvalue weighted by molar-refractivity contribution is -0.0974. The fourth-order valence-corrected chi connectivity index (χ4v) is 3.39. The number of rotatable bonds is 4. The van der Waals surface area contributed by atoms with Crippen LogP contribution in [0.3, 0.4) is 0 Å². The van der Waals surface area contributed by atoms with Crippen LogP contribution in [0.5, 0.6) is 0 Å². The quantitative estimate of drug-likeness (QED) is 0.742. The van der Waals surface area contributed by atoms with Crippen molar-refractivity contribution in [2.75, 3.05) is 13.6 Å². The fourth-order valence-electron chi connectivity index (χ4n) is 3.39. The number of hydrogen-bond donors (Lipinski definition) is 1. The van der Waals surface area contributed by atoms with E-state index in [1.165, 1.54) is 64.2 Å². The van der Waals surface area contributed by atoms with Crippen molar-refractivity contribution in [2.24, 2.45) is 0 Å². The molecule has 2 aliphatic carbocycles. The summed E-state index contributed by atoms with van der Waals surface area (Å²) < 4.78 is 6.50. The molecule has 0 heterocycles. The van der Waals surface area contributed by atoms with Crippen molar-refractivity contribution in [3.8, 4) is 0 Å². The number of hydrogen-bond acceptors (Lipinski definition) is 2. The van der Waals surface area contributed by atoms with Crippen LogP contribution in [0.1, 0.15) is 64.2 Å². The number of likely N-dealkylation sites (N-methyl/N-ethyl adjacent to an activating group) is 1. The Hall–Kier alpha value is -0.0800. The van der Waals surface area contributed by atoms with Crippen LogP contribution in [0.4, 0.5) is 0 Å². The summed E-state index contributed by atoms with van der Waals surface area (Å²) in [4.78, 5) is 0. The van der Waals surface area contributed by atoms with Crippen LogP contribution in [0, 0.1) is 0 Å². The maximum atomic E-state index is 6.50. The van der Waals surface area contributed by atoms with Crippen LogP contribution in [0.25, 0.3) is 0 Å². The third kappa shape index (κ3) is 3.21. The topological polar surface area (TPSA) is 21.3 Å². The molecule has 2 saturated carbocycles. The van der Waals surface area contributed by atoms with Gasteiger partial charge in [-0.25, -0.2) is 0 Å². The largest absolute Gasteiger partial charge is 0.370 e. The second kappa shape index (κ2) is 6.02. The first-order valence-electron chi connectivity index (χ1n) is 7.17. The fraction of sp³-hybridized carbons (Fsp3) is 1.00. The summed E-state index contributed by atoms with van der Waals surface area (Å²) in [5.41, 5.74) is 0.167. The smallest absolute Gasteiger partial charge is 0.0809 e. The SMILES string of the molecule is CNCC1(OC2CCCC2)CCCCCC1. The molecule has 2 nitrogen and oxygen atoms in total. The highest BCUT2D eigenvalue weighted by Gasteiger charge is 2.34. The molecule has 0 spiro atoms. The van der Waals surface area contributed by atoms with Gasteiger partial charge in [0.25, 0.3) is 0 Å². The zero-order chi connectivity index (χ0) is 11.3. The van der Waals surface area contributed by atoms with Crippen LogP contribution < -0.4 is 5.32 Å². The molecule has 0 aliphatic heterocycles. The third-order valence-corrected chi connectivity index (χ3v) is 4.23. The van der Waals surface area contributed by atoms with E-state index < -0.39 is 0 Å². The van der Waals surface area contributed by atoms with Crippen molar-refractivity contribution in [1.29, 1.82) is 0 Å². The predicted molar refractivity (Wildman–Crippen MR) is 67.7 cm³/mol. The van der Waals surface area contributed by atoms with Gasteiger partial charge in [-0.15, -0.1) is 0 Å². The lowest BCUT2D eigenvalue weighted by atomic mass is 9.93. The Balaban J connectivity index is 1.94. The Morgan fingerprint density at radius 3 is 2.19 bits per heavy atom. The third-order valence-electron chi connectivity index (χ3n) is 4.23. The molecular formula is C14H27NO. The van der Waals surface area contributed by atoms with Crippen LogP contribution in [-0.2, 0) is 4.74 Å². The van der Waals surface area contributed by atoms with E-state index in [-0.39, 0.29) is 5.60 Å². The molecule has 0 saturated heterocycles. The van der Waals surface area contributed by atoms with Crippen molar-refractivity contribution in [3.05, 3.63) is 0 Å². The molecule has 0 aromatic heterocycles. The van der Waals surface area contributed by atoms with E-state index in [1.807, 2.05) is 0 Å². The Morgan fingerprint density at radius 2 is 1.62 bits per heavy atom. The zero-order valence-corrected chi connectivity index (χ0v) is 10.8. The molecule has 2 heteroatoms. The molecule has 2 fully saturated rings. The van der Waals surface area contributed by atoms with Gasteiger partial charge in [0.05, 0.1) is 11.7 Å². The summed E-state index contributed by atoms with van der Waals surface area (Å²) in [5.74, 6) is 0. The Kier molecular flexibility index (Phi) is 4.66. The molecule has 16 heavy (non-hydrogen) atoms. The Bertz CT molecular complexity index is 191. The second-order valence-electron chi connectivity index (χ2n) is 5.65. The van der Waals surface area contributed by atoms with Crippen molar-refractivity contribution in [2.45, 2.75) is 75.9 Å². The molecule has 0 amide bonds. The molecule has 2 rings (SSSR count). The van der Waals surface area contributed by atoms with Crippen LogP contribution in [-0.4, -0.2) is 25.3 Å². The lowest BCUT2D eigenvalue weighted by Crippen LogP contribution is -2.44. The summed E-state index contributed by atoms with van der Waals surface area (Å²) in [7, 11) is 2.06. The van der Waals surface area contributed by atoms with E-state index >= 15 is 0 Å². The predicted octanol–water partition coefficient (Wildman–Crippen LogP) is 3.26. The summed E-state index contributed by atoms with van der Waals surface area (Å²) in [6, 6.07) is 0. The standard InChI is InChI=1S/C14H27NO/c1-15-12-14(10-6-2-3-7-11-14)16-13-8-4-5-9-13/h13,15H,2-12H2,1H3. The lowest BCUT2D eigenvalue weighted by Gasteiger charge is -2.35. The van der Waals surface area contributed by atoms with Crippen molar-refractivity contribution >= 4 is 0 Å². The van der Waals surface area contributed by atoms with E-state index in [0.717, 1.165) is 6.54 Å². The molecule has 1 N–H and O–H groups in total. The van der Waals surface area contributed by atoms with Crippen molar-refractivity contribution in [1.82, 2.24) is 5.32 Å². The van der Waals surface area contributed by atoms with Gasteiger partial charge in [-0.2, -0.15) is 0 Å². The van der Waals surface area contributed by atoms with Crippen LogP contribution in [0.2, 0.25) is 0 Å². The van der Waals surface area contributed by atoms with E-state index in [2.05, 4.69) is 12.4 Å². The number of ether oxygens (including phenoxy) is 1. The molecule has 0 aromatic rings. The van der Waals surface area contributed by atoms with Gasteiger partial charge in [-0.1, -0.05) is 38.5 Å². The van der Waals surface area contributed by atoms with Crippen molar-refractivity contribution < 1.29 is 4.74 Å². The average Bonchev–Trinajstić information content (AvgIpc) is 2.66. The normalized spacial score (nSPS) is 26.8. The van der Waals surface area contributed by atoms with E-state index in [0.29, 0.717) is 6.10 Å². The summed E-state index contributed by atoms with van der Waals surface area (Å²) in [6.07, 6.45) is 14.0. The van der Waals surface area contributed by atoms with Crippen molar-refractivity contribution in [3.63, 3.8) is 0 Å². The van der Waals surface area contributed by atoms with Crippen LogP contribution >= 0.6 is 0 Å². The summed E-state index contributed by atoms with van der Waals surface area (Å²) >= 11 is 0. The molecule has 0 unspecified atom stereocenters. The minimum Gasteiger partial charge on any atom is -0.370 e. The highest BCUT2D eigenvalue weighted by Crippen LogP contribution is 2.34. The molecule has 94 valence electrons. The minimum atomic E-state index is 0.167. The Morgan fingerprint density at radius 1 is 1.00 bits per heavy atom. The molecule has 0 bridgehead atoms.